The number of para-hydroxylation sites is 1. The summed E-state index contributed by atoms with van der Waals surface area (Å²) in [7, 11) is -3.83. The van der Waals surface area contributed by atoms with Crippen LogP contribution >= 0.6 is 7.52 Å². The molecule has 1 aliphatic rings. The second-order valence-electron chi connectivity index (χ2n) is 7.47. The smallest absolute Gasteiger partial charge is 0.342 e. The van der Waals surface area contributed by atoms with E-state index in [1.54, 1.807) is 37.3 Å². The highest BCUT2D eigenvalue weighted by Gasteiger charge is 2.36. The Morgan fingerprint density at radius 1 is 1.31 bits per heavy atom. The predicted octanol–water partition coefficient (Wildman–Crippen LogP) is 2.90. The summed E-state index contributed by atoms with van der Waals surface area (Å²) in [5.74, 6) is -0.847. The Hall–Kier alpha value is -3.38. The SMILES string of the molecule is CCOC(=O)[C@H](C)NP(=O)(CO[C@H]1C=C(F)[C@H](n2cnc3c(N)ncnc32)O1)Oc1ccccc1. The highest BCUT2D eigenvalue weighted by molar-refractivity contribution is 7.57. The molecule has 2 aromatic heterocycles. The Kier molecular flexibility index (Phi) is 7.41. The van der Waals surface area contributed by atoms with Gasteiger partial charge in [0.05, 0.1) is 12.9 Å². The average molecular weight is 506 g/mol. The summed E-state index contributed by atoms with van der Waals surface area (Å²) in [6.07, 6.45) is 0.676. The van der Waals surface area contributed by atoms with Crippen LogP contribution in [0.5, 0.6) is 5.75 Å². The van der Waals surface area contributed by atoms with Crippen molar-refractivity contribution in [3.05, 3.63) is 54.9 Å². The lowest BCUT2D eigenvalue weighted by Gasteiger charge is -2.24. The molecule has 12 nitrogen and oxygen atoms in total. The minimum absolute atomic E-state index is 0.143. The molecular weight excluding hydrogens is 482 g/mol. The lowest BCUT2D eigenvalue weighted by molar-refractivity contribution is -0.144. The lowest BCUT2D eigenvalue weighted by Crippen LogP contribution is -2.36. The summed E-state index contributed by atoms with van der Waals surface area (Å²) in [6.45, 7) is 3.30. The van der Waals surface area contributed by atoms with Crippen molar-refractivity contribution < 1.29 is 32.5 Å². The first kappa shape index (κ1) is 24.7. The quantitative estimate of drug-likeness (QED) is 0.308. The topological polar surface area (TPSA) is 153 Å². The zero-order chi connectivity index (χ0) is 25.0. The van der Waals surface area contributed by atoms with Crippen LogP contribution in [0.1, 0.15) is 20.1 Å². The van der Waals surface area contributed by atoms with Crippen molar-refractivity contribution in [3.63, 3.8) is 0 Å². The number of nitrogens with zero attached hydrogens (tertiary/aromatic N) is 4. The number of aromatic nitrogens is 4. The molecule has 35 heavy (non-hydrogen) atoms. The monoisotopic (exact) mass is 506 g/mol. The summed E-state index contributed by atoms with van der Waals surface area (Å²) in [4.78, 5) is 24.1. The number of carbonyl (C=O) groups is 1. The second kappa shape index (κ2) is 10.5. The molecule has 0 aliphatic carbocycles. The maximum Gasteiger partial charge on any atom is 0.342 e. The number of nitrogen functional groups attached to an aromatic ring is 1. The highest BCUT2D eigenvalue weighted by atomic mass is 31.2. The number of hydrogen-bond donors (Lipinski definition) is 2. The Morgan fingerprint density at radius 3 is 2.83 bits per heavy atom. The number of ether oxygens (including phenoxy) is 3. The second-order valence-corrected chi connectivity index (χ2v) is 9.51. The molecule has 0 bridgehead atoms. The van der Waals surface area contributed by atoms with Gasteiger partial charge in [0.15, 0.2) is 36.2 Å². The number of halogens is 1. The van der Waals surface area contributed by atoms with Gasteiger partial charge in [-0.05, 0) is 26.0 Å². The molecule has 4 rings (SSSR count). The molecule has 3 heterocycles. The molecule has 0 spiro atoms. The minimum Gasteiger partial charge on any atom is -0.465 e. The molecule has 186 valence electrons. The van der Waals surface area contributed by atoms with Gasteiger partial charge in [0.2, 0.25) is 0 Å². The first-order valence-corrected chi connectivity index (χ1v) is 12.5. The zero-order valence-electron chi connectivity index (χ0n) is 18.9. The Bertz CT molecular complexity index is 1270. The molecule has 14 heteroatoms. The van der Waals surface area contributed by atoms with Crippen LogP contribution in [0, 0.1) is 0 Å². The van der Waals surface area contributed by atoms with Crippen LogP contribution in [0.15, 0.2) is 54.9 Å². The van der Waals surface area contributed by atoms with E-state index in [0.29, 0.717) is 5.52 Å². The van der Waals surface area contributed by atoms with Gasteiger partial charge in [0, 0.05) is 6.08 Å². The maximum absolute atomic E-state index is 14.8. The van der Waals surface area contributed by atoms with Crippen molar-refractivity contribution in [2.75, 3.05) is 18.7 Å². The van der Waals surface area contributed by atoms with Crippen molar-refractivity contribution in [2.45, 2.75) is 32.4 Å². The molecule has 0 amide bonds. The first-order valence-electron chi connectivity index (χ1n) is 10.6. The number of hydrogen-bond acceptors (Lipinski definition) is 10. The third kappa shape index (κ3) is 5.65. The number of carbonyl (C=O) groups excluding carboxylic acids is 1. The molecule has 3 N–H and O–H groups in total. The Balaban J connectivity index is 1.47. The molecule has 1 aliphatic heterocycles. The van der Waals surface area contributed by atoms with Crippen molar-refractivity contribution in [1.82, 2.24) is 24.6 Å². The van der Waals surface area contributed by atoms with Gasteiger partial charge in [0.1, 0.15) is 23.6 Å². The van der Waals surface area contributed by atoms with Crippen molar-refractivity contribution >= 4 is 30.5 Å². The largest absolute Gasteiger partial charge is 0.465 e. The fraction of sp³-hybridized carbons (Fsp3) is 0.333. The van der Waals surface area contributed by atoms with Crippen LogP contribution in [0.3, 0.4) is 0 Å². The lowest BCUT2D eigenvalue weighted by atomic mass is 10.3. The molecule has 0 fully saturated rings. The summed E-state index contributed by atoms with van der Waals surface area (Å²) in [6, 6.07) is 7.40. The molecule has 1 unspecified atom stereocenters. The average Bonchev–Trinajstić information content (AvgIpc) is 3.42. The summed E-state index contributed by atoms with van der Waals surface area (Å²) in [5, 5.41) is 2.65. The van der Waals surface area contributed by atoms with Gasteiger partial charge in [-0.1, -0.05) is 18.2 Å². The van der Waals surface area contributed by atoms with E-state index in [1.165, 1.54) is 24.1 Å². The van der Waals surface area contributed by atoms with Gasteiger partial charge in [-0.2, -0.15) is 0 Å². The third-order valence-corrected chi connectivity index (χ3v) is 6.64. The van der Waals surface area contributed by atoms with E-state index in [2.05, 4.69) is 20.0 Å². The van der Waals surface area contributed by atoms with E-state index < -0.39 is 44.2 Å². The van der Waals surface area contributed by atoms with Crippen LogP contribution in [-0.4, -0.2) is 50.8 Å². The van der Waals surface area contributed by atoms with Gasteiger partial charge in [-0.3, -0.25) is 13.9 Å². The van der Waals surface area contributed by atoms with E-state index in [0.717, 1.165) is 6.08 Å². The number of imidazole rings is 1. The van der Waals surface area contributed by atoms with Crippen LogP contribution in [0.2, 0.25) is 0 Å². The standard InChI is InChI=1S/C21H24FN6O6P/c1-3-31-21(29)13(2)27-35(30,34-14-7-5-4-6-8-14)12-32-16-9-15(22)20(33-16)28-11-26-17-18(23)24-10-25-19(17)28/h4-11,13,16,20H,3,12H2,1-2H3,(H,27,30)(H2,23,24,25)/t13-,16+,20+,35?/m0/s1. The van der Waals surface area contributed by atoms with Gasteiger partial charge < -0.3 is 24.5 Å². The number of anilines is 1. The number of nitrogens with two attached hydrogens (primary N) is 1. The fourth-order valence-corrected chi connectivity index (χ4v) is 4.98. The Labute approximate surface area is 199 Å². The third-order valence-electron chi connectivity index (χ3n) is 4.87. The summed E-state index contributed by atoms with van der Waals surface area (Å²) in [5.41, 5.74) is 6.35. The van der Waals surface area contributed by atoms with Crippen LogP contribution < -0.4 is 15.3 Å². The number of fused-ring (bicyclic) bond motifs is 1. The minimum atomic E-state index is -3.83. The number of rotatable bonds is 10. The number of benzene rings is 1. The van der Waals surface area contributed by atoms with Crippen LogP contribution in [-0.2, 0) is 23.6 Å². The molecule has 4 atom stereocenters. The zero-order valence-corrected chi connectivity index (χ0v) is 19.8. The van der Waals surface area contributed by atoms with Crippen LogP contribution in [0.4, 0.5) is 10.2 Å². The molecule has 0 saturated heterocycles. The summed E-state index contributed by atoms with van der Waals surface area (Å²) < 4.78 is 51.5. The maximum atomic E-state index is 14.8. The molecule has 1 aromatic carbocycles. The first-order chi connectivity index (χ1) is 16.8. The normalized spacial score (nSPS) is 20.3. The van der Waals surface area contributed by atoms with Gasteiger partial charge in [0.25, 0.3) is 0 Å². The van der Waals surface area contributed by atoms with E-state index >= 15 is 0 Å². The van der Waals surface area contributed by atoms with Crippen LogP contribution in [0.25, 0.3) is 11.2 Å². The number of esters is 1. The van der Waals surface area contributed by atoms with Crippen molar-refractivity contribution in [2.24, 2.45) is 0 Å². The molecular formula is C21H24FN6O6P. The number of nitrogens with one attached hydrogen (secondary N) is 1. The van der Waals surface area contributed by atoms with E-state index in [4.69, 9.17) is 24.5 Å². The molecule has 3 aromatic rings. The van der Waals surface area contributed by atoms with E-state index in [1.807, 2.05) is 0 Å². The van der Waals surface area contributed by atoms with Gasteiger partial charge in [-0.25, -0.2) is 24.4 Å². The fourth-order valence-electron chi connectivity index (χ4n) is 3.30. The van der Waals surface area contributed by atoms with E-state index in [9.17, 15) is 13.8 Å². The predicted molar refractivity (Wildman–Crippen MR) is 123 cm³/mol. The van der Waals surface area contributed by atoms with Crippen molar-refractivity contribution in [3.8, 4) is 5.75 Å². The van der Waals surface area contributed by atoms with Gasteiger partial charge >= 0.3 is 13.5 Å². The highest BCUT2D eigenvalue weighted by Crippen LogP contribution is 2.45. The molecule has 0 radical (unpaired) electrons. The summed E-state index contributed by atoms with van der Waals surface area (Å²) >= 11 is 0. The van der Waals surface area contributed by atoms with E-state index in [-0.39, 0.29) is 23.8 Å². The Morgan fingerprint density at radius 2 is 2.09 bits per heavy atom. The van der Waals surface area contributed by atoms with Gasteiger partial charge in [-0.15, -0.1) is 0 Å². The molecule has 0 saturated carbocycles. The van der Waals surface area contributed by atoms with Crippen molar-refractivity contribution in [1.29, 1.82) is 0 Å².